The number of rotatable bonds is 1. The molecule has 1 aromatic carbocycles. The third kappa shape index (κ3) is 2.42. The van der Waals surface area contributed by atoms with Crippen molar-refractivity contribution in [3.63, 3.8) is 0 Å². The van der Waals surface area contributed by atoms with E-state index in [2.05, 4.69) is 0 Å². The maximum absolute atomic E-state index is 12.4. The molecule has 0 aliphatic rings. The number of carboxylic acids is 1. The van der Waals surface area contributed by atoms with Crippen LogP contribution in [0.4, 0.5) is 13.2 Å². The maximum atomic E-state index is 12.4. The molecule has 82 valence electrons. The molecule has 0 aliphatic carbocycles. The highest BCUT2D eigenvalue weighted by atomic mass is 127. The maximum Gasteiger partial charge on any atom is 0.416 e. The van der Waals surface area contributed by atoms with Gasteiger partial charge in [-0.1, -0.05) is 0 Å². The lowest BCUT2D eigenvalue weighted by Gasteiger charge is -2.12. The molecule has 0 bridgehead atoms. The second kappa shape index (κ2) is 3.99. The fourth-order valence-corrected chi connectivity index (χ4v) is 2.06. The quantitative estimate of drug-likeness (QED) is 0.802. The molecule has 0 aliphatic heterocycles. The zero-order valence-electron chi connectivity index (χ0n) is 7.52. The Labute approximate surface area is 97.2 Å². The standard InChI is InChI=1S/C9H6F3IO2/c1-4-5(9(10,11)12)2-3-6(13)7(4)8(14)15/h2-3H,1H3,(H,14,15). The van der Waals surface area contributed by atoms with Crippen molar-refractivity contribution < 1.29 is 23.1 Å². The van der Waals surface area contributed by atoms with Crippen molar-refractivity contribution in [3.8, 4) is 0 Å². The zero-order chi connectivity index (χ0) is 11.8. The van der Waals surface area contributed by atoms with Gasteiger partial charge in [0.15, 0.2) is 0 Å². The van der Waals surface area contributed by atoms with E-state index in [1.165, 1.54) is 0 Å². The molecule has 1 N–H and O–H groups in total. The van der Waals surface area contributed by atoms with Crippen LogP contribution in [0.3, 0.4) is 0 Å². The van der Waals surface area contributed by atoms with Crippen LogP contribution in [0.5, 0.6) is 0 Å². The van der Waals surface area contributed by atoms with Gasteiger partial charge in [-0.15, -0.1) is 0 Å². The molecule has 0 unspecified atom stereocenters. The Hall–Kier alpha value is -0.790. The normalized spacial score (nSPS) is 11.5. The first-order valence-corrected chi connectivity index (χ1v) is 4.92. The number of halogens is 4. The predicted molar refractivity (Wildman–Crippen MR) is 55.9 cm³/mol. The van der Waals surface area contributed by atoms with Crippen LogP contribution in [0.1, 0.15) is 21.5 Å². The van der Waals surface area contributed by atoms with Gasteiger partial charge < -0.3 is 5.11 Å². The summed E-state index contributed by atoms with van der Waals surface area (Å²) in [5.41, 5.74) is -1.44. The molecule has 6 heteroatoms. The molecule has 0 amide bonds. The van der Waals surface area contributed by atoms with E-state index in [4.69, 9.17) is 5.11 Å². The van der Waals surface area contributed by atoms with Crippen LogP contribution in [0, 0.1) is 10.5 Å². The molecule has 15 heavy (non-hydrogen) atoms. The molecule has 0 saturated heterocycles. The lowest BCUT2D eigenvalue weighted by Crippen LogP contribution is -2.12. The van der Waals surface area contributed by atoms with E-state index in [0.717, 1.165) is 19.1 Å². The van der Waals surface area contributed by atoms with Gasteiger partial charge in [-0.05, 0) is 47.2 Å². The van der Waals surface area contributed by atoms with Crippen LogP contribution in [-0.4, -0.2) is 11.1 Å². The second-order valence-corrected chi connectivity index (χ2v) is 4.06. The smallest absolute Gasteiger partial charge is 0.416 e. The van der Waals surface area contributed by atoms with E-state index in [9.17, 15) is 18.0 Å². The lowest BCUT2D eigenvalue weighted by molar-refractivity contribution is -0.138. The first kappa shape index (κ1) is 12.3. The Balaban J connectivity index is 3.49. The number of aromatic carboxylic acids is 1. The van der Waals surface area contributed by atoms with Crippen molar-refractivity contribution in [2.75, 3.05) is 0 Å². The van der Waals surface area contributed by atoms with Crippen molar-refractivity contribution in [1.29, 1.82) is 0 Å². The van der Waals surface area contributed by atoms with Gasteiger partial charge in [0, 0.05) is 3.57 Å². The van der Waals surface area contributed by atoms with Gasteiger partial charge >= 0.3 is 12.1 Å². The molecule has 0 fully saturated rings. The third-order valence-electron chi connectivity index (χ3n) is 1.93. The van der Waals surface area contributed by atoms with E-state index in [-0.39, 0.29) is 11.1 Å². The molecule has 0 radical (unpaired) electrons. The summed E-state index contributed by atoms with van der Waals surface area (Å²) in [6.07, 6.45) is -4.52. The minimum Gasteiger partial charge on any atom is -0.478 e. The monoisotopic (exact) mass is 330 g/mol. The van der Waals surface area contributed by atoms with Gasteiger partial charge in [0.05, 0.1) is 11.1 Å². The fraction of sp³-hybridized carbons (Fsp3) is 0.222. The van der Waals surface area contributed by atoms with E-state index in [1.54, 1.807) is 22.6 Å². The van der Waals surface area contributed by atoms with Gasteiger partial charge in [-0.3, -0.25) is 0 Å². The first-order chi connectivity index (χ1) is 6.75. The van der Waals surface area contributed by atoms with Crippen LogP contribution in [0.25, 0.3) is 0 Å². The highest BCUT2D eigenvalue weighted by Crippen LogP contribution is 2.34. The number of benzene rings is 1. The summed E-state index contributed by atoms with van der Waals surface area (Å²) in [5, 5.41) is 8.76. The Bertz CT molecular complexity index is 413. The van der Waals surface area contributed by atoms with Gasteiger partial charge in [-0.2, -0.15) is 13.2 Å². The molecule has 0 saturated carbocycles. The topological polar surface area (TPSA) is 37.3 Å². The average molecular weight is 330 g/mol. The molecule has 2 nitrogen and oxygen atoms in total. The summed E-state index contributed by atoms with van der Waals surface area (Å²) in [7, 11) is 0. The Kier molecular flexibility index (Phi) is 3.27. The summed E-state index contributed by atoms with van der Waals surface area (Å²) in [4.78, 5) is 10.7. The van der Waals surface area contributed by atoms with Crippen molar-refractivity contribution in [3.05, 3.63) is 32.4 Å². The average Bonchev–Trinajstić information content (AvgIpc) is 2.00. The van der Waals surface area contributed by atoms with Gasteiger partial charge in [-0.25, -0.2) is 4.79 Å². The van der Waals surface area contributed by atoms with E-state index in [0.29, 0.717) is 3.57 Å². The van der Waals surface area contributed by atoms with Crippen LogP contribution in [-0.2, 0) is 6.18 Å². The molecule has 0 spiro atoms. The molecule has 1 aromatic rings. The van der Waals surface area contributed by atoms with Crippen molar-refractivity contribution in [2.24, 2.45) is 0 Å². The van der Waals surface area contributed by atoms with Crippen LogP contribution in [0.15, 0.2) is 12.1 Å². The number of carboxylic acid groups (broad SMARTS) is 1. The summed E-state index contributed by atoms with van der Waals surface area (Å²) in [6.45, 7) is 1.16. The summed E-state index contributed by atoms with van der Waals surface area (Å²) in [5.74, 6) is -1.34. The number of alkyl halides is 3. The van der Waals surface area contributed by atoms with E-state index >= 15 is 0 Å². The highest BCUT2D eigenvalue weighted by molar-refractivity contribution is 14.1. The predicted octanol–water partition coefficient (Wildman–Crippen LogP) is 3.32. The Morgan fingerprint density at radius 3 is 2.33 bits per heavy atom. The van der Waals surface area contributed by atoms with E-state index < -0.39 is 17.7 Å². The zero-order valence-corrected chi connectivity index (χ0v) is 9.68. The van der Waals surface area contributed by atoms with Gasteiger partial charge in [0.2, 0.25) is 0 Å². The largest absolute Gasteiger partial charge is 0.478 e. The molecule has 0 heterocycles. The fourth-order valence-electron chi connectivity index (χ4n) is 1.25. The SMILES string of the molecule is Cc1c(C(F)(F)F)ccc(I)c1C(=O)O. The number of hydrogen-bond donors (Lipinski definition) is 1. The summed E-state index contributed by atoms with van der Waals surface area (Å²) in [6, 6.07) is 2.05. The first-order valence-electron chi connectivity index (χ1n) is 3.84. The Morgan fingerprint density at radius 1 is 1.40 bits per heavy atom. The van der Waals surface area contributed by atoms with Gasteiger partial charge in [0.1, 0.15) is 0 Å². The number of hydrogen-bond acceptors (Lipinski definition) is 1. The van der Waals surface area contributed by atoms with E-state index in [1.807, 2.05) is 0 Å². The van der Waals surface area contributed by atoms with Gasteiger partial charge in [0.25, 0.3) is 0 Å². The molecular weight excluding hydrogens is 324 g/mol. The Morgan fingerprint density at radius 2 is 1.93 bits per heavy atom. The lowest BCUT2D eigenvalue weighted by atomic mass is 10.0. The third-order valence-corrected chi connectivity index (χ3v) is 2.83. The summed E-state index contributed by atoms with van der Waals surface area (Å²) < 4.78 is 37.6. The number of carbonyl (C=O) groups is 1. The van der Waals surface area contributed by atoms with Crippen LogP contribution in [0.2, 0.25) is 0 Å². The molecule has 0 atom stereocenters. The van der Waals surface area contributed by atoms with Crippen molar-refractivity contribution >= 4 is 28.6 Å². The minimum atomic E-state index is -4.52. The minimum absolute atomic E-state index is 0.248. The molecular formula is C9H6F3IO2. The second-order valence-electron chi connectivity index (χ2n) is 2.90. The molecule has 1 rings (SSSR count). The van der Waals surface area contributed by atoms with Crippen molar-refractivity contribution in [2.45, 2.75) is 13.1 Å². The summed E-state index contributed by atoms with van der Waals surface area (Å²) >= 11 is 1.70. The molecule has 0 aromatic heterocycles. The van der Waals surface area contributed by atoms with Crippen LogP contribution < -0.4 is 0 Å². The van der Waals surface area contributed by atoms with Crippen molar-refractivity contribution in [1.82, 2.24) is 0 Å². The van der Waals surface area contributed by atoms with Crippen LogP contribution >= 0.6 is 22.6 Å². The highest BCUT2D eigenvalue weighted by Gasteiger charge is 2.34.